The van der Waals surface area contributed by atoms with Crippen molar-refractivity contribution in [2.45, 2.75) is 12.8 Å². The first-order valence-corrected chi connectivity index (χ1v) is 7.30. The molecule has 0 N–H and O–H groups in total. The molecular weight excluding hydrogens is 354 g/mol. The number of hydrogen-bond donors (Lipinski definition) is 0. The fraction of sp³-hybridized carbons (Fsp3) is 0.111. The summed E-state index contributed by atoms with van der Waals surface area (Å²) in [7, 11) is 0. The zero-order chi connectivity index (χ0) is 17.1. The van der Waals surface area contributed by atoms with Crippen molar-refractivity contribution in [2.75, 3.05) is 0 Å². The molecule has 2 amide bonds. The first kappa shape index (κ1) is 22.8. The molecule has 26 heavy (non-hydrogen) atoms. The molecule has 2 aliphatic heterocycles. The summed E-state index contributed by atoms with van der Waals surface area (Å²) in [5.74, 6) is -1.34. The van der Waals surface area contributed by atoms with E-state index >= 15 is 0 Å². The molecule has 6 nitrogen and oxygen atoms in total. The van der Waals surface area contributed by atoms with Crippen LogP contribution in [0.3, 0.4) is 0 Å². The number of aliphatic imine (C=N–C) groups is 2. The Kier molecular flexibility index (Phi) is 8.89. The Bertz CT molecular complexity index is 800. The smallest absolute Gasteiger partial charge is 0.872 e. The zero-order valence-corrected chi connectivity index (χ0v) is 18.6. The number of carbonyl (C=O) groups is 2. The molecular formula is C18H12N2Na2O4. The monoisotopic (exact) mass is 366 g/mol. The number of rotatable bonds is 0. The summed E-state index contributed by atoms with van der Waals surface area (Å²) in [4.78, 5) is 29.1. The van der Waals surface area contributed by atoms with Crippen LogP contribution < -0.4 is 69.3 Å². The van der Waals surface area contributed by atoms with Crippen LogP contribution in [0.2, 0.25) is 0 Å². The minimum Gasteiger partial charge on any atom is -0.872 e. The number of fused-ring (bicyclic) bond motifs is 2. The molecule has 0 unspecified atom stereocenters. The van der Waals surface area contributed by atoms with Crippen LogP contribution in [0.4, 0.5) is 0 Å². The van der Waals surface area contributed by atoms with Gasteiger partial charge >= 0.3 is 59.1 Å². The number of allylic oxidation sites excluding steroid dienone is 8. The normalized spacial score (nSPS) is 19.4. The van der Waals surface area contributed by atoms with Gasteiger partial charge in [-0.2, -0.15) is 0 Å². The molecule has 0 radical (unpaired) electrons. The van der Waals surface area contributed by atoms with Gasteiger partial charge in [-0.15, -0.1) is 0 Å². The van der Waals surface area contributed by atoms with Crippen molar-refractivity contribution >= 4 is 23.2 Å². The molecule has 4 aliphatic rings. The second kappa shape index (κ2) is 10.2. The van der Waals surface area contributed by atoms with Crippen LogP contribution in [0.5, 0.6) is 0 Å². The summed E-state index contributed by atoms with van der Waals surface area (Å²) < 4.78 is 0. The number of dihydropyridines is 2. The van der Waals surface area contributed by atoms with Crippen molar-refractivity contribution in [3.8, 4) is 0 Å². The third kappa shape index (κ3) is 5.36. The summed E-state index contributed by atoms with van der Waals surface area (Å²) in [6.07, 6.45) is 13.9. The van der Waals surface area contributed by atoms with Gasteiger partial charge < -0.3 is 10.2 Å². The summed E-state index contributed by atoms with van der Waals surface area (Å²) >= 11 is 0. The van der Waals surface area contributed by atoms with Gasteiger partial charge in [0.15, 0.2) is 0 Å². The predicted octanol–water partition coefficient (Wildman–Crippen LogP) is -5.80. The second-order valence-corrected chi connectivity index (χ2v) is 5.24. The molecule has 2 aliphatic carbocycles. The van der Waals surface area contributed by atoms with Gasteiger partial charge in [0.1, 0.15) is 0 Å². The Balaban J connectivity index is 0.000000241. The molecule has 0 spiro atoms. The van der Waals surface area contributed by atoms with Crippen molar-refractivity contribution in [2.24, 2.45) is 9.98 Å². The maximum absolute atomic E-state index is 11.2. The van der Waals surface area contributed by atoms with Gasteiger partial charge in [-0.05, 0) is 23.3 Å². The minimum absolute atomic E-state index is 0. The number of hydrogen-bond acceptors (Lipinski definition) is 4. The molecule has 0 saturated heterocycles. The van der Waals surface area contributed by atoms with Gasteiger partial charge in [-0.25, -0.2) is 9.98 Å². The van der Waals surface area contributed by atoms with E-state index in [-0.39, 0.29) is 70.6 Å². The van der Waals surface area contributed by atoms with Crippen LogP contribution in [-0.2, 0) is 9.59 Å². The van der Waals surface area contributed by atoms with Crippen molar-refractivity contribution < 1.29 is 78.9 Å². The van der Waals surface area contributed by atoms with Gasteiger partial charge in [0.2, 0.25) is 0 Å². The van der Waals surface area contributed by atoms with E-state index in [1.54, 1.807) is 24.3 Å². The number of nitrogens with zero attached hydrogens (tertiary/aromatic N) is 2. The summed E-state index contributed by atoms with van der Waals surface area (Å²) in [6, 6.07) is 0. The van der Waals surface area contributed by atoms with E-state index < -0.39 is 11.8 Å². The van der Waals surface area contributed by atoms with Crippen LogP contribution in [0.15, 0.2) is 81.3 Å². The van der Waals surface area contributed by atoms with Gasteiger partial charge in [-0.1, -0.05) is 48.0 Å². The quantitative estimate of drug-likeness (QED) is 0.398. The molecule has 120 valence electrons. The molecule has 0 aromatic heterocycles. The van der Waals surface area contributed by atoms with Crippen LogP contribution in [0, 0.1) is 0 Å². The van der Waals surface area contributed by atoms with Crippen molar-refractivity contribution in [3.63, 3.8) is 0 Å². The summed E-state index contributed by atoms with van der Waals surface area (Å²) in [5.41, 5.74) is 2.29. The molecule has 0 saturated carbocycles. The van der Waals surface area contributed by atoms with Crippen molar-refractivity contribution in [1.29, 1.82) is 0 Å². The van der Waals surface area contributed by atoms with E-state index in [0.29, 0.717) is 35.4 Å². The van der Waals surface area contributed by atoms with Gasteiger partial charge in [0.05, 0.1) is 11.4 Å². The molecule has 4 rings (SSSR count). The Morgan fingerprint density at radius 2 is 1.12 bits per heavy atom. The molecule has 0 fully saturated rings. The number of amides is 2. The van der Waals surface area contributed by atoms with E-state index in [1.165, 1.54) is 0 Å². The van der Waals surface area contributed by atoms with Crippen LogP contribution in [0.1, 0.15) is 12.8 Å². The van der Waals surface area contributed by atoms with Crippen molar-refractivity contribution in [3.05, 3.63) is 71.3 Å². The summed E-state index contributed by atoms with van der Waals surface area (Å²) in [5, 5.41) is 22.4. The Morgan fingerprint density at radius 3 is 1.50 bits per heavy atom. The van der Waals surface area contributed by atoms with Gasteiger partial charge in [0, 0.05) is 12.8 Å². The molecule has 0 atom stereocenters. The van der Waals surface area contributed by atoms with Crippen molar-refractivity contribution in [1.82, 2.24) is 0 Å². The van der Waals surface area contributed by atoms with Crippen LogP contribution in [-0.4, -0.2) is 23.2 Å². The number of carbonyl (C=O) groups excluding carboxylic acids is 2. The van der Waals surface area contributed by atoms with E-state index in [2.05, 4.69) is 9.98 Å². The summed E-state index contributed by atoms with van der Waals surface area (Å²) in [6.45, 7) is 0. The Hall–Kier alpha value is -1.28. The average Bonchev–Trinajstić information content (AvgIpc) is 2.55. The first-order chi connectivity index (χ1) is 11.5. The van der Waals surface area contributed by atoms with E-state index in [0.717, 1.165) is 12.2 Å². The first-order valence-electron chi connectivity index (χ1n) is 7.30. The maximum atomic E-state index is 11.2. The fourth-order valence-electron chi connectivity index (χ4n) is 2.47. The van der Waals surface area contributed by atoms with Crippen LogP contribution in [0.25, 0.3) is 0 Å². The SMILES string of the molecule is O=C1C=C([O-])C2=CC=CCC2=N1.O=C1C=C([O-])C2=CC=CCC2=N1.[Na+].[Na+]. The minimum atomic E-state index is -0.442. The predicted molar refractivity (Wildman–Crippen MR) is 84.7 cm³/mol. The van der Waals surface area contributed by atoms with Gasteiger partial charge in [-0.3, -0.25) is 9.59 Å². The van der Waals surface area contributed by atoms with E-state index in [9.17, 15) is 19.8 Å². The molecule has 2 heterocycles. The molecule has 0 bridgehead atoms. The zero-order valence-electron chi connectivity index (χ0n) is 14.6. The second-order valence-electron chi connectivity index (χ2n) is 5.24. The standard InChI is InChI=1S/2C9H7NO2.2Na/c2*11-8-5-9(12)10-7-4-2-1-3-6(7)8;;/h2*1-3,5,11H,4H2;;/q;;2*+1/p-2. The van der Waals surface area contributed by atoms with Gasteiger partial charge in [0.25, 0.3) is 11.8 Å². The Labute approximate surface area is 194 Å². The maximum Gasteiger partial charge on any atom is 1.00 e. The molecule has 0 aromatic rings. The topological polar surface area (TPSA) is 105 Å². The van der Waals surface area contributed by atoms with Crippen LogP contribution >= 0.6 is 0 Å². The Morgan fingerprint density at radius 1 is 0.731 bits per heavy atom. The fourth-order valence-corrected chi connectivity index (χ4v) is 2.47. The van der Waals surface area contributed by atoms with E-state index in [4.69, 9.17) is 0 Å². The average molecular weight is 366 g/mol. The molecule has 0 aromatic carbocycles. The van der Waals surface area contributed by atoms with E-state index in [1.807, 2.05) is 12.2 Å². The third-order valence-corrected chi connectivity index (χ3v) is 3.57. The molecule has 8 heteroatoms. The third-order valence-electron chi connectivity index (χ3n) is 3.57. The largest absolute Gasteiger partial charge is 1.00 e.